The first-order valence-corrected chi connectivity index (χ1v) is 23.5. The molecular weight excluding hydrogens is 729 g/mol. The molecule has 0 aromatic rings. The van der Waals surface area contributed by atoms with E-state index in [0.717, 1.165) is 167 Å². The Morgan fingerprint density at radius 1 is 0.414 bits per heavy atom. The highest BCUT2D eigenvalue weighted by Crippen LogP contribution is 2.29. The molecule has 2 aliphatic carbocycles. The Balaban J connectivity index is 1.80. The first-order chi connectivity index (χ1) is 28.2. The normalized spacial score (nSPS) is 14.3. The lowest BCUT2D eigenvalue weighted by Crippen LogP contribution is -2.45. The molecule has 0 bridgehead atoms. The van der Waals surface area contributed by atoms with Gasteiger partial charge in [-0.05, 0) is 88.9 Å². The second-order valence-corrected chi connectivity index (χ2v) is 16.8. The maximum absolute atomic E-state index is 14.3. The lowest BCUT2D eigenvalue weighted by Gasteiger charge is -2.31. The summed E-state index contributed by atoms with van der Waals surface area (Å²) in [4.78, 5) is 35.7. The van der Waals surface area contributed by atoms with E-state index in [-0.39, 0.29) is 18.0 Å². The van der Waals surface area contributed by atoms with Crippen LogP contribution >= 0.6 is 0 Å². The number of carbonyl (C=O) groups is 1. The Bertz CT molecular complexity index is 1150. The molecule has 0 aromatic heterocycles. The highest BCUT2D eigenvalue weighted by molar-refractivity contribution is 5.78. The minimum Gasteiger partial charge on any atom is -0.370 e. The number of aliphatic imine (C=N–C) groups is 4. The molecule has 2 aliphatic rings. The van der Waals surface area contributed by atoms with Gasteiger partial charge in [0.05, 0.1) is 0 Å². The van der Waals surface area contributed by atoms with Gasteiger partial charge in [0.15, 0.2) is 23.8 Å². The highest BCUT2D eigenvalue weighted by atomic mass is 16.2. The second kappa shape index (κ2) is 34.2. The summed E-state index contributed by atoms with van der Waals surface area (Å²) in [7, 11) is 0. The molecule has 0 atom stereocenters. The summed E-state index contributed by atoms with van der Waals surface area (Å²) in [6.07, 6.45) is 29.5. The number of rotatable bonds is 38. The SMILES string of the molecule is NC(N)=NCCCCCCCCN(CCCCCCCCNC(N)=NCC1CC1)C(=O)N(CCCCCCCCNC(N)=NCC1CC1)CCCCCCN=C(N)N. The van der Waals surface area contributed by atoms with E-state index in [0.29, 0.717) is 25.0 Å². The maximum atomic E-state index is 14.3. The predicted octanol–water partition coefficient (Wildman–Crippen LogP) is 5.47. The van der Waals surface area contributed by atoms with Crippen LogP contribution in [0.5, 0.6) is 0 Å². The summed E-state index contributed by atoms with van der Waals surface area (Å²) >= 11 is 0. The van der Waals surface area contributed by atoms with Gasteiger partial charge in [-0.3, -0.25) is 20.0 Å². The zero-order valence-electron chi connectivity index (χ0n) is 36.7. The van der Waals surface area contributed by atoms with Crippen molar-refractivity contribution in [2.45, 2.75) is 167 Å². The van der Waals surface area contributed by atoms with Gasteiger partial charge in [-0.2, -0.15) is 0 Å². The van der Waals surface area contributed by atoms with E-state index in [4.69, 9.17) is 34.4 Å². The summed E-state index contributed by atoms with van der Waals surface area (Å²) in [5, 5.41) is 6.53. The van der Waals surface area contributed by atoms with Crippen LogP contribution in [-0.4, -0.2) is 105 Å². The number of carbonyl (C=O) groups excluding carboxylic acids is 1. The molecule has 0 aromatic carbocycles. The molecule has 2 amide bonds. The lowest BCUT2D eigenvalue weighted by atomic mass is 10.1. The van der Waals surface area contributed by atoms with Gasteiger partial charge >= 0.3 is 6.03 Å². The van der Waals surface area contributed by atoms with Crippen molar-refractivity contribution >= 4 is 29.9 Å². The van der Waals surface area contributed by atoms with Gasteiger partial charge < -0.3 is 54.8 Å². The largest absolute Gasteiger partial charge is 0.370 e. The molecule has 15 heteroatoms. The van der Waals surface area contributed by atoms with Crippen LogP contribution in [0.3, 0.4) is 0 Å². The molecule has 58 heavy (non-hydrogen) atoms. The molecule has 0 saturated heterocycles. The zero-order valence-corrected chi connectivity index (χ0v) is 36.7. The summed E-state index contributed by atoms with van der Waals surface area (Å²) in [6.45, 7) is 8.11. The van der Waals surface area contributed by atoms with Crippen molar-refractivity contribution in [2.24, 2.45) is 66.2 Å². The van der Waals surface area contributed by atoms with Gasteiger partial charge in [0.2, 0.25) is 0 Å². The minimum atomic E-state index is 0.151. The van der Waals surface area contributed by atoms with E-state index in [1.54, 1.807) is 0 Å². The molecule has 0 unspecified atom stereocenters. The first kappa shape index (κ1) is 50.5. The smallest absolute Gasteiger partial charge is 0.319 e. The van der Waals surface area contributed by atoms with Crippen molar-refractivity contribution in [3.63, 3.8) is 0 Å². The molecule has 336 valence electrons. The van der Waals surface area contributed by atoms with Gasteiger partial charge in [0, 0.05) is 65.4 Å². The second-order valence-electron chi connectivity index (χ2n) is 16.8. The van der Waals surface area contributed by atoms with Crippen molar-refractivity contribution in [1.82, 2.24) is 20.4 Å². The molecule has 15 nitrogen and oxygen atoms in total. The molecule has 2 saturated carbocycles. The molecule has 14 N–H and O–H groups in total. The summed E-state index contributed by atoms with van der Waals surface area (Å²) in [5.74, 6) is 3.01. The Labute approximate surface area is 352 Å². The molecule has 0 radical (unpaired) electrons. The lowest BCUT2D eigenvalue weighted by molar-refractivity contribution is 0.148. The minimum absolute atomic E-state index is 0.151. The van der Waals surface area contributed by atoms with Crippen LogP contribution in [0, 0.1) is 11.8 Å². The Morgan fingerprint density at radius 2 is 0.707 bits per heavy atom. The van der Waals surface area contributed by atoms with Crippen LogP contribution in [0.25, 0.3) is 0 Å². The Hall–Kier alpha value is -3.65. The number of guanidine groups is 4. The zero-order chi connectivity index (χ0) is 41.9. The number of nitrogens with one attached hydrogen (secondary N) is 2. The number of hydrogen-bond acceptors (Lipinski definition) is 5. The van der Waals surface area contributed by atoms with Crippen molar-refractivity contribution in [2.75, 3.05) is 65.4 Å². The fourth-order valence-electron chi connectivity index (χ4n) is 6.98. The number of nitrogens with two attached hydrogens (primary N) is 6. The first-order valence-electron chi connectivity index (χ1n) is 23.5. The number of hydrogen-bond donors (Lipinski definition) is 8. The van der Waals surface area contributed by atoms with Crippen LogP contribution in [0.15, 0.2) is 20.0 Å². The third kappa shape index (κ3) is 31.4. The third-order valence-corrected chi connectivity index (χ3v) is 11.1. The number of amides is 2. The van der Waals surface area contributed by atoms with Gasteiger partial charge in [-0.25, -0.2) is 4.79 Å². The maximum Gasteiger partial charge on any atom is 0.319 e. The van der Waals surface area contributed by atoms with E-state index < -0.39 is 0 Å². The quantitative estimate of drug-likeness (QED) is 0.0223. The van der Waals surface area contributed by atoms with Crippen LogP contribution in [0.4, 0.5) is 4.79 Å². The number of unbranched alkanes of at least 4 members (excludes halogenated alkanes) is 18. The number of urea groups is 1. The predicted molar refractivity (Wildman–Crippen MR) is 246 cm³/mol. The van der Waals surface area contributed by atoms with E-state index in [2.05, 4.69) is 40.4 Å². The molecule has 2 fully saturated rings. The van der Waals surface area contributed by atoms with Crippen LogP contribution in [-0.2, 0) is 0 Å². The average Bonchev–Trinajstić information content (AvgIpc) is 4.14. The standard InChI is InChI=1S/C43H88N14O/c44-39(45)50-27-15-7-1-4-11-19-31-56(32-20-12-5-2-8-17-29-52-41(48)54-35-37-23-24-37)43(58)57(34-22-14-10-16-28-51-40(46)47)33-21-13-6-3-9-18-30-53-42(49)55-36-38-25-26-38/h37-38H,1-36H2,(H4,44,45,50)(H4,46,47,51)(H3,48,52,54)(H3,49,53,55). The topological polar surface area (TPSA) is 253 Å². The van der Waals surface area contributed by atoms with Crippen molar-refractivity contribution < 1.29 is 4.79 Å². The molecular formula is C43H88N14O. The monoisotopic (exact) mass is 817 g/mol. The Morgan fingerprint density at radius 3 is 1.02 bits per heavy atom. The van der Waals surface area contributed by atoms with Gasteiger partial charge in [-0.1, -0.05) is 89.9 Å². The molecule has 0 aliphatic heterocycles. The summed E-state index contributed by atoms with van der Waals surface area (Å²) < 4.78 is 0. The number of nitrogens with zero attached hydrogens (tertiary/aromatic N) is 6. The van der Waals surface area contributed by atoms with Gasteiger partial charge in [0.25, 0.3) is 0 Å². The highest BCUT2D eigenvalue weighted by Gasteiger charge is 2.22. The van der Waals surface area contributed by atoms with Crippen molar-refractivity contribution in [3.8, 4) is 0 Å². The van der Waals surface area contributed by atoms with Crippen LogP contribution < -0.4 is 45.0 Å². The fraction of sp³-hybridized carbons (Fsp3) is 0.884. The third-order valence-electron chi connectivity index (χ3n) is 11.1. The molecule has 0 spiro atoms. The Kier molecular flexibility index (Phi) is 29.8. The fourth-order valence-corrected chi connectivity index (χ4v) is 6.98. The molecule has 2 rings (SSSR count). The van der Waals surface area contributed by atoms with Crippen molar-refractivity contribution in [3.05, 3.63) is 0 Å². The van der Waals surface area contributed by atoms with Crippen LogP contribution in [0.2, 0.25) is 0 Å². The van der Waals surface area contributed by atoms with Crippen LogP contribution in [0.1, 0.15) is 167 Å². The van der Waals surface area contributed by atoms with Gasteiger partial charge in [-0.15, -0.1) is 0 Å². The van der Waals surface area contributed by atoms with E-state index >= 15 is 0 Å². The molecule has 0 heterocycles. The van der Waals surface area contributed by atoms with E-state index in [1.165, 1.54) is 64.2 Å². The van der Waals surface area contributed by atoms with Gasteiger partial charge in [0.1, 0.15) is 0 Å². The average molecular weight is 817 g/mol. The van der Waals surface area contributed by atoms with E-state index in [1.807, 2.05) is 0 Å². The summed E-state index contributed by atoms with van der Waals surface area (Å²) in [5.41, 5.74) is 33.9. The van der Waals surface area contributed by atoms with Crippen molar-refractivity contribution in [1.29, 1.82) is 0 Å². The van der Waals surface area contributed by atoms with E-state index in [9.17, 15) is 4.79 Å². The summed E-state index contributed by atoms with van der Waals surface area (Å²) in [6, 6.07) is 0.219.